The minimum atomic E-state index is -3.59. The van der Waals surface area contributed by atoms with Crippen molar-refractivity contribution in [2.45, 2.75) is 25.2 Å². The van der Waals surface area contributed by atoms with Crippen LogP contribution in [0.15, 0.2) is 52.7 Å². The summed E-state index contributed by atoms with van der Waals surface area (Å²) in [5, 5.41) is 6.28. The van der Waals surface area contributed by atoms with Gasteiger partial charge in [0.15, 0.2) is 5.82 Å². The van der Waals surface area contributed by atoms with Gasteiger partial charge in [0, 0.05) is 18.3 Å². The summed E-state index contributed by atoms with van der Waals surface area (Å²) in [7, 11) is -3.59. The van der Waals surface area contributed by atoms with Gasteiger partial charge in [-0.05, 0) is 49.2 Å². The molecule has 0 aliphatic rings. The average Bonchev–Trinajstić information content (AvgIpc) is 3.26. The second-order valence-corrected chi connectivity index (χ2v) is 9.33. The summed E-state index contributed by atoms with van der Waals surface area (Å²) in [6, 6.07) is 11.4. The van der Waals surface area contributed by atoms with E-state index in [2.05, 4.69) is 14.8 Å². The molecule has 0 saturated heterocycles. The van der Waals surface area contributed by atoms with Crippen LogP contribution in [0.1, 0.15) is 16.8 Å². The molecule has 2 aromatic carbocycles. The molecule has 0 bridgehead atoms. The van der Waals surface area contributed by atoms with E-state index in [-0.39, 0.29) is 17.3 Å². The first-order chi connectivity index (χ1) is 13.8. The third kappa shape index (κ3) is 3.93. The van der Waals surface area contributed by atoms with E-state index < -0.39 is 10.0 Å². The van der Waals surface area contributed by atoms with E-state index in [0.717, 1.165) is 16.8 Å². The van der Waals surface area contributed by atoms with Gasteiger partial charge in [0.1, 0.15) is 5.82 Å². The number of thiazole rings is 1. The number of nitrogens with zero attached hydrogens (tertiary/aromatic N) is 3. The maximum absolute atomic E-state index is 14.0. The van der Waals surface area contributed by atoms with Crippen molar-refractivity contribution < 1.29 is 12.8 Å². The first-order valence-corrected chi connectivity index (χ1v) is 11.4. The molecular weight excluding hydrogens is 411 g/mol. The van der Waals surface area contributed by atoms with Crippen LogP contribution in [-0.2, 0) is 16.4 Å². The van der Waals surface area contributed by atoms with Crippen LogP contribution < -0.4 is 4.72 Å². The molecule has 0 spiro atoms. The minimum Gasteiger partial charge on any atom is -0.211 e. The predicted molar refractivity (Wildman–Crippen MR) is 111 cm³/mol. The van der Waals surface area contributed by atoms with Gasteiger partial charge in [-0.1, -0.05) is 18.2 Å². The Labute approximate surface area is 172 Å². The Bertz CT molecular complexity index is 1300. The normalized spacial score (nSPS) is 12.0. The van der Waals surface area contributed by atoms with Crippen molar-refractivity contribution >= 4 is 26.3 Å². The number of fused-ring (bicyclic) bond motifs is 1. The molecule has 0 unspecified atom stereocenters. The summed E-state index contributed by atoms with van der Waals surface area (Å²) < 4.78 is 43.3. The van der Waals surface area contributed by atoms with Gasteiger partial charge in [-0.2, -0.15) is 4.98 Å². The van der Waals surface area contributed by atoms with Crippen molar-refractivity contribution in [2.75, 3.05) is 6.54 Å². The smallest absolute Gasteiger partial charge is 0.211 e. The number of nitrogens with one attached hydrogen (secondary N) is 1. The Morgan fingerprint density at radius 3 is 2.69 bits per heavy atom. The van der Waals surface area contributed by atoms with E-state index in [0.29, 0.717) is 22.8 Å². The molecule has 150 valence electrons. The standard InChI is InChI=1S/C20H19FN4O2S2/c1-13-7-8-16(11-14(13)2)29(26,27)22-10-9-15-12-28-20-23-19(24-25(15)20)17-5-3-4-6-18(17)21/h3-8,11-12,22H,9-10H2,1-2H3. The van der Waals surface area contributed by atoms with Gasteiger partial charge >= 0.3 is 0 Å². The predicted octanol–water partition coefficient (Wildman–Crippen LogP) is 3.73. The molecule has 0 aliphatic heterocycles. The first-order valence-electron chi connectivity index (χ1n) is 9.00. The lowest BCUT2D eigenvalue weighted by Gasteiger charge is -2.08. The summed E-state index contributed by atoms with van der Waals surface area (Å²) in [6.07, 6.45) is 0.435. The fourth-order valence-corrected chi connectivity index (χ4v) is 4.90. The summed E-state index contributed by atoms with van der Waals surface area (Å²) in [4.78, 5) is 5.26. The van der Waals surface area contributed by atoms with Crippen LogP contribution in [0, 0.1) is 19.7 Å². The Kier molecular flexibility index (Phi) is 5.20. The highest BCUT2D eigenvalue weighted by Crippen LogP contribution is 2.23. The van der Waals surface area contributed by atoms with Crippen molar-refractivity contribution in [1.29, 1.82) is 0 Å². The van der Waals surface area contributed by atoms with E-state index in [1.165, 1.54) is 17.4 Å². The fraction of sp³-hybridized carbons (Fsp3) is 0.200. The molecule has 0 saturated carbocycles. The van der Waals surface area contributed by atoms with Gasteiger partial charge in [-0.15, -0.1) is 16.4 Å². The molecule has 1 N–H and O–H groups in total. The monoisotopic (exact) mass is 430 g/mol. The number of hydrogen-bond donors (Lipinski definition) is 1. The van der Waals surface area contributed by atoms with Crippen LogP contribution in [0.2, 0.25) is 0 Å². The van der Waals surface area contributed by atoms with Crippen molar-refractivity contribution in [2.24, 2.45) is 0 Å². The molecule has 9 heteroatoms. The lowest BCUT2D eigenvalue weighted by Crippen LogP contribution is -2.26. The quantitative estimate of drug-likeness (QED) is 0.506. The maximum Gasteiger partial charge on any atom is 0.240 e. The van der Waals surface area contributed by atoms with Gasteiger partial charge < -0.3 is 0 Å². The van der Waals surface area contributed by atoms with Gasteiger partial charge in [0.25, 0.3) is 0 Å². The molecule has 0 atom stereocenters. The van der Waals surface area contributed by atoms with Crippen LogP contribution in [0.5, 0.6) is 0 Å². The SMILES string of the molecule is Cc1ccc(S(=O)(=O)NCCc2csc3nc(-c4ccccc4F)nn23)cc1C. The highest BCUT2D eigenvalue weighted by Gasteiger charge is 2.17. The molecule has 0 fully saturated rings. The summed E-state index contributed by atoms with van der Waals surface area (Å²) in [5.74, 6) is -0.0691. The largest absolute Gasteiger partial charge is 0.240 e. The zero-order chi connectivity index (χ0) is 20.6. The van der Waals surface area contributed by atoms with E-state index in [4.69, 9.17) is 0 Å². The van der Waals surface area contributed by atoms with Crippen molar-refractivity contribution in [1.82, 2.24) is 19.3 Å². The third-order valence-electron chi connectivity index (χ3n) is 4.73. The first kappa shape index (κ1) is 19.7. The fourth-order valence-electron chi connectivity index (χ4n) is 2.93. The van der Waals surface area contributed by atoms with Crippen LogP contribution in [-0.4, -0.2) is 29.6 Å². The molecular formula is C20H19FN4O2S2. The van der Waals surface area contributed by atoms with E-state index in [1.54, 1.807) is 40.9 Å². The van der Waals surface area contributed by atoms with E-state index in [1.807, 2.05) is 19.2 Å². The Hall–Kier alpha value is -2.62. The number of rotatable bonds is 6. The van der Waals surface area contributed by atoms with E-state index >= 15 is 0 Å². The van der Waals surface area contributed by atoms with Crippen molar-refractivity contribution in [3.8, 4) is 11.4 Å². The molecule has 29 heavy (non-hydrogen) atoms. The molecule has 2 heterocycles. The number of aryl methyl sites for hydroxylation is 2. The summed E-state index contributed by atoms with van der Waals surface area (Å²) in [5.41, 5.74) is 3.12. The zero-order valence-corrected chi connectivity index (χ0v) is 17.5. The summed E-state index contributed by atoms with van der Waals surface area (Å²) >= 11 is 1.38. The minimum absolute atomic E-state index is 0.218. The number of aromatic nitrogens is 3. The molecule has 6 nitrogen and oxygen atoms in total. The third-order valence-corrected chi connectivity index (χ3v) is 7.05. The van der Waals surface area contributed by atoms with Gasteiger partial charge in [-0.25, -0.2) is 22.0 Å². The number of hydrogen-bond acceptors (Lipinski definition) is 5. The molecule has 0 amide bonds. The van der Waals surface area contributed by atoms with E-state index in [9.17, 15) is 12.8 Å². The van der Waals surface area contributed by atoms with Crippen LogP contribution in [0.25, 0.3) is 16.3 Å². The zero-order valence-electron chi connectivity index (χ0n) is 15.9. The Balaban J connectivity index is 1.50. The molecule has 2 aromatic heterocycles. The van der Waals surface area contributed by atoms with Crippen LogP contribution in [0.3, 0.4) is 0 Å². The van der Waals surface area contributed by atoms with Crippen molar-refractivity contribution in [3.05, 3.63) is 70.5 Å². The second-order valence-electron chi connectivity index (χ2n) is 6.73. The summed E-state index contributed by atoms with van der Waals surface area (Å²) in [6.45, 7) is 4.04. The molecule has 0 radical (unpaired) electrons. The molecule has 4 rings (SSSR count). The highest BCUT2D eigenvalue weighted by atomic mass is 32.2. The molecule has 4 aromatic rings. The Morgan fingerprint density at radius 2 is 1.93 bits per heavy atom. The van der Waals surface area contributed by atoms with Crippen molar-refractivity contribution in [3.63, 3.8) is 0 Å². The Morgan fingerprint density at radius 1 is 1.14 bits per heavy atom. The highest BCUT2D eigenvalue weighted by molar-refractivity contribution is 7.89. The van der Waals surface area contributed by atoms with Gasteiger partial charge in [0.2, 0.25) is 15.0 Å². The average molecular weight is 431 g/mol. The lowest BCUT2D eigenvalue weighted by molar-refractivity contribution is 0.581. The number of sulfonamides is 1. The van der Waals surface area contributed by atoms with Crippen LogP contribution >= 0.6 is 11.3 Å². The van der Waals surface area contributed by atoms with Gasteiger partial charge in [0.05, 0.1) is 16.2 Å². The maximum atomic E-state index is 14.0. The second kappa shape index (κ2) is 7.66. The molecule has 0 aliphatic carbocycles. The number of halogens is 1. The lowest BCUT2D eigenvalue weighted by atomic mass is 10.1. The van der Waals surface area contributed by atoms with Crippen LogP contribution in [0.4, 0.5) is 4.39 Å². The van der Waals surface area contributed by atoms with Gasteiger partial charge in [-0.3, -0.25) is 0 Å². The number of benzene rings is 2. The topological polar surface area (TPSA) is 76.4 Å².